The summed E-state index contributed by atoms with van der Waals surface area (Å²) in [6.45, 7) is 1.72. The molecule has 6 heteroatoms. The smallest absolute Gasteiger partial charge is 0.318 e. The number of ether oxygens (including phenoxy) is 2. The van der Waals surface area contributed by atoms with Gasteiger partial charge in [0.15, 0.2) is 0 Å². The molecule has 0 N–H and O–H groups in total. The first kappa shape index (κ1) is 10.9. The molecule has 2 aliphatic heterocycles. The van der Waals surface area contributed by atoms with Gasteiger partial charge in [0.2, 0.25) is 0 Å². The van der Waals surface area contributed by atoms with Gasteiger partial charge in [-0.15, -0.1) is 0 Å². The summed E-state index contributed by atoms with van der Waals surface area (Å²) in [5, 5.41) is 0. The molecule has 0 aromatic rings. The zero-order chi connectivity index (χ0) is 13.5. The van der Waals surface area contributed by atoms with Crippen LogP contribution in [0.4, 0.5) is 0 Å². The van der Waals surface area contributed by atoms with Crippen molar-refractivity contribution in [1.29, 1.82) is 0 Å². The van der Waals surface area contributed by atoms with Crippen LogP contribution in [0.1, 0.15) is 6.92 Å². The highest BCUT2D eigenvalue weighted by Crippen LogP contribution is 2.62. The zero-order valence-electron chi connectivity index (χ0n) is 9.99. The van der Waals surface area contributed by atoms with Crippen LogP contribution < -0.4 is 0 Å². The van der Waals surface area contributed by atoms with Gasteiger partial charge >= 0.3 is 23.9 Å². The second-order valence-electron chi connectivity index (χ2n) is 5.79. The molecule has 6 atom stereocenters. The topological polar surface area (TPSA) is 86.7 Å². The lowest BCUT2D eigenvalue weighted by atomic mass is 9.47. The van der Waals surface area contributed by atoms with Gasteiger partial charge in [0.05, 0.1) is 23.7 Å². The molecule has 6 nitrogen and oxygen atoms in total. The van der Waals surface area contributed by atoms with E-state index in [-0.39, 0.29) is 0 Å². The summed E-state index contributed by atoms with van der Waals surface area (Å²) in [4.78, 5) is 47.4. The average Bonchev–Trinajstić information content (AvgIpc) is 2.81. The summed E-state index contributed by atoms with van der Waals surface area (Å²) in [6, 6.07) is 0. The van der Waals surface area contributed by atoms with Gasteiger partial charge in [-0.1, -0.05) is 19.1 Å². The lowest BCUT2D eigenvalue weighted by Crippen LogP contribution is -2.56. The molecule has 19 heavy (non-hydrogen) atoms. The van der Waals surface area contributed by atoms with Crippen LogP contribution in [0.5, 0.6) is 0 Å². The summed E-state index contributed by atoms with van der Waals surface area (Å²) >= 11 is 0. The second kappa shape index (κ2) is 2.95. The number of esters is 4. The Morgan fingerprint density at radius 2 is 1.37 bits per heavy atom. The van der Waals surface area contributed by atoms with E-state index in [1.54, 1.807) is 19.1 Å². The summed E-state index contributed by atoms with van der Waals surface area (Å²) in [5.74, 6) is -5.57. The van der Waals surface area contributed by atoms with Crippen molar-refractivity contribution < 1.29 is 28.7 Å². The zero-order valence-corrected chi connectivity index (χ0v) is 9.99. The molecule has 0 spiro atoms. The van der Waals surface area contributed by atoms with Crippen molar-refractivity contribution in [2.75, 3.05) is 0 Å². The molecule has 0 aromatic heterocycles. The second-order valence-corrected chi connectivity index (χ2v) is 5.79. The maximum absolute atomic E-state index is 11.9. The van der Waals surface area contributed by atoms with Gasteiger partial charge in [-0.3, -0.25) is 19.2 Å². The molecule has 1 saturated carbocycles. The van der Waals surface area contributed by atoms with Crippen molar-refractivity contribution in [3.05, 3.63) is 12.2 Å². The van der Waals surface area contributed by atoms with E-state index in [2.05, 4.69) is 0 Å². The number of hydrogen-bond acceptors (Lipinski definition) is 6. The van der Waals surface area contributed by atoms with Crippen molar-refractivity contribution in [2.45, 2.75) is 6.92 Å². The van der Waals surface area contributed by atoms with Crippen molar-refractivity contribution in [3.63, 3.8) is 0 Å². The highest BCUT2D eigenvalue weighted by Gasteiger charge is 2.72. The Morgan fingerprint density at radius 1 is 0.895 bits per heavy atom. The van der Waals surface area contributed by atoms with E-state index in [0.29, 0.717) is 0 Å². The molecule has 3 fully saturated rings. The first-order valence-electron chi connectivity index (χ1n) is 6.15. The Balaban J connectivity index is 1.94. The number of cyclic esters (lactones) is 4. The Hall–Kier alpha value is -1.98. The molecule has 3 aliphatic carbocycles. The molecule has 5 rings (SSSR count). The number of hydrogen-bond donors (Lipinski definition) is 0. The van der Waals surface area contributed by atoms with Crippen LogP contribution in [0.2, 0.25) is 0 Å². The van der Waals surface area contributed by atoms with Crippen LogP contribution in [0.15, 0.2) is 12.2 Å². The molecule has 0 radical (unpaired) electrons. The van der Waals surface area contributed by atoms with Gasteiger partial charge in [-0.2, -0.15) is 0 Å². The van der Waals surface area contributed by atoms with Gasteiger partial charge in [0, 0.05) is 11.3 Å². The Morgan fingerprint density at radius 3 is 1.84 bits per heavy atom. The lowest BCUT2D eigenvalue weighted by Gasteiger charge is -2.49. The Kier molecular flexibility index (Phi) is 1.69. The SMILES string of the molecule is CC12C=CC([C@H]3C(=O)OC(=O)[C@H]31)[C@@H]1C(=O)OC(=O)[C@@H]12. The van der Waals surface area contributed by atoms with Crippen molar-refractivity contribution in [1.82, 2.24) is 0 Å². The predicted octanol–water partition coefficient (Wildman–Crippen LogP) is -0.176. The van der Waals surface area contributed by atoms with Crippen LogP contribution in [-0.2, 0) is 28.7 Å². The molecular formula is C13H10O6. The molecule has 2 bridgehead atoms. The van der Waals surface area contributed by atoms with Gasteiger partial charge in [-0.25, -0.2) is 0 Å². The minimum Gasteiger partial charge on any atom is -0.393 e. The monoisotopic (exact) mass is 262 g/mol. The molecular weight excluding hydrogens is 252 g/mol. The molecule has 0 amide bonds. The van der Waals surface area contributed by atoms with E-state index in [1.165, 1.54) is 0 Å². The summed E-state index contributed by atoms with van der Waals surface area (Å²) in [6.07, 6.45) is 3.52. The first-order valence-corrected chi connectivity index (χ1v) is 6.15. The van der Waals surface area contributed by atoms with Gasteiger partial charge in [-0.05, 0) is 0 Å². The Bertz CT molecular complexity index is 546. The third kappa shape index (κ3) is 1.00. The standard InChI is InChI=1S/C13H10O6/c1-13-3-2-4(5-7(13)11(16)18-9(5)14)6-8(13)12(17)19-10(6)15/h2-8H,1H3/t4?,5-,6+,7+,8-,13?. The molecule has 5 aliphatic rings. The average molecular weight is 262 g/mol. The lowest BCUT2D eigenvalue weighted by molar-refractivity contribution is -0.154. The highest BCUT2D eigenvalue weighted by molar-refractivity contribution is 6.03. The molecule has 2 heterocycles. The predicted molar refractivity (Wildman–Crippen MR) is 56.9 cm³/mol. The van der Waals surface area contributed by atoms with Gasteiger partial charge in [0.25, 0.3) is 0 Å². The minimum atomic E-state index is -0.878. The van der Waals surface area contributed by atoms with Crippen molar-refractivity contribution in [2.24, 2.45) is 35.0 Å². The molecule has 98 valence electrons. The summed E-state index contributed by atoms with van der Waals surface area (Å²) < 4.78 is 9.42. The maximum atomic E-state index is 11.9. The van der Waals surface area contributed by atoms with E-state index < -0.39 is 58.9 Å². The van der Waals surface area contributed by atoms with Gasteiger partial charge in [0.1, 0.15) is 0 Å². The fourth-order valence-corrected chi connectivity index (χ4v) is 4.25. The van der Waals surface area contributed by atoms with Gasteiger partial charge < -0.3 is 9.47 Å². The molecule has 2 saturated heterocycles. The normalized spacial score (nSPS) is 50.1. The summed E-state index contributed by atoms with van der Waals surface area (Å²) in [7, 11) is 0. The van der Waals surface area contributed by atoms with Crippen LogP contribution in [-0.4, -0.2) is 23.9 Å². The highest BCUT2D eigenvalue weighted by atomic mass is 16.6. The number of carbonyl (C=O) groups is 4. The van der Waals surface area contributed by atoms with Crippen LogP contribution in [0.25, 0.3) is 0 Å². The molecule has 2 unspecified atom stereocenters. The first-order chi connectivity index (χ1) is 8.95. The number of rotatable bonds is 0. The number of allylic oxidation sites excluding steroid dienone is 2. The largest absolute Gasteiger partial charge is 0.393 e. The third-order valence-electron chi connectivity index (χ3n) is 5.02. The fraction of sp³-hybridized carbons (Fsp3) is 0.538. The van der Waals surface area contributed by atoms with Crippen molar-refractivity contribution in [3.8, 4) is 0 Å². The molecule has 0 aromatic carbocycles. The van der Waals surface area contributed by atoms with Crippen LogP contribution in [0, 0.1) is 35.0 Å². The summed E-state index contributed by atoms with van der Waals surface area (Å²) in [5.41, 5.74) is -0.878. The Labute approximate surface area is 107 Å². The maximum Gasteiger partial charge on any atom is 0.318 e. The number of carbonyl (C=O) groups excluding carboxylic acids is 4. The van der Waals surface area contributed by atoms with E-state index in [0.717, 1.165) is 0 Å². The third-order valence-corrected chi connectivity index (χ3v) is 5.02. The van der Waals surface area contributed by atoms with E-state index >= 15 is 0 Å². The van der Waals surface area contributed by atoms with E-state index in [4.69, 9.17) is 9.47 Å². The van der Waals surface area contributed by atoms with Crippen molar-refractivity contribution >= 4 is 23.9 Å². The minimum absolute atomic E-state index is 0.477. The van der Waals surface area contributed by atoms with Crippen LogP contribution in [0.3, 0.4) is 0 Å². The van der Waals surface area contributed by atoms with Crippen LogP contribution >= 0.6 is 0 Å². The van der Waals surface area contributed by atoms with E-state index in [9.17, 15) is 19.2 Å². The quantitative estimate of drug-likeness (QED) is 0.342. The van der Waals surface area contributed by atoms with E-state index in [1.807, 2.05) is 0 Å². The fourth-order valence-electron chi connectivity index (χ4n) is 4.25.